The van der Waals surface area contributed by atoms with Crippen molar-refractivity contribution in [2.45, 2.75) is 53.3 Å². The first kappa shape index (κ1) is 12.1. The molecule has 1 atom stereocenters. The molecule has 0 saturated carbocycles. The van der Waals surface area contributed by atoms with Gasteiger partial charge in [0.1, 0.15) is 7.85 Å². The van der Waals surface area contributed by atoms with Crippen LogP contribution in [0.2, 0.25) is 5.82 Å². The molecule has 0 aliphatic heterocycles. The summed E-state index contributed by atoms with van der Waals surface area (Å²) in [5.41, 5.74) is 0. The van der Waals surface area contributed by atoms with Gasteiger partial charge in [0, 0.05) is 0 Å². The van der Waals surface area contributed by atoms with Gasteiger partial charge in [-0.15, -0.1) is 0 Å². The van der Waals surface area contributed by atoms with Crippen molar-refractivity contribution in [3.8, 4) is 0 Å². The lowest BCUT2D eigenvalue weighted by Gasteiger charge is -2.27. The van der Waals surface area contributed by atoms with Gasteiger partial charge in [-0.3, -0.25) is 0 Å². The van der Waals surface area contributed by atoms with Crippen LogP contribution in [0.25, 0.3) is 0 Å². The van der Waals surface area contributed by atoms with E-state index in [2.05, 4.69) is 42.5 Å². The van der Waals surface area contributed by atoms with Crippen molar-refractivity contribution in [3.63, 3.8) is 0 Å². The highest BCUT2D eigenvalue weighted by Crippen LogP contribution is 2.29. The molecule has 0 aliphatic carbocycles. The van der Waals surface area contributed by atoms with E-state index in [9.17, 15) is 0 Å². The maximum absolute atomic E-state index is 2.37. The van der Waals surface area contributed by atoms with Crippen LogP contribution in [0.3, 0.4) is 0 Å². The maximum atomic E-state index is 2.37. The van der Waals surface area contributed by atoms with Crippen molar-refractivity contribution in [2.75, 3.05) is 0 Å². The van der Waals surface area contributed by atoms with E-state index in [0.29, 0.717) is 0 Å². The number of rotatable bonds is 5. The summed E-state index contributed by atoms with van der Waals surface area (Å²) in [5, 5.41) is 0. The van der Waals surface area contributed by atoms with Crippen LogP contribution in [0.1, 0.15) is 47.5 Å². The van der Waals surface area contributed by atoms with Gasteiger partial charge >= 0.3 is 0 Å². The minimum absolute atomic E-state index is 0.846. The van der Waals surface area contributed by atoms with Crippen LogP contribution in [-0.4, -0.2) is 7.85 Å². The van der Waals surface area contributed by atoms with Gasteiger partial charge in [-0.05, 0) is 17.8 Å². The molecule has 12 heavy (non-hydrogen) atoms. The zero-order chi connectivity index (χ0) is 9.72. The molecular weight excluding hydrogens is 143 g/mol. The Bertz CT molecular complexity index is 99.6. The lowest BCUT2D eigenvalue weighted by molar-refractivity contribution is 0.263. The third kappa shape index (κ3) is 4.18. The molecule has 1 unspecified atom stereocenters. The highest BCUT2D eigenvalue weighted by molar-refractivity contribution is 6.11. The van der Waals surface area contributed by atoms with E-state index in [1.165, 1.54) is 12.8 Å². The summed E-state index contributed by atoms with van der Waals surface area (Å²) >= 11 is 0. The summed E-state index contributed by atoms with van der Waals surface area (Å²) < 4.78 is 0. The van der Waals surface area contributed by atoms with Crippen LogP contribution < -0.4 is 0 Å². The molecule has 0 heterocycles. The molecule has 72 valence electrons. The van der Waals surface area contributed by atoms with Crippen LogP contribution in [0.5, 0.6) is 0 Å². The van der Waals surface area contributed by atoms with E-state index >= 15 is 0 Å². The molecule has 0 rings (SSSR count). The van der Waals surface area contributed by atoms with Crippen LogP contribution in [-0.2, 0) is 0 Å². The summed E-state index contributed by atoms with van der Waals surface area (Å²) in [5.74, 6) is 3.51. The van der Waals surface area contributed by atoms with Gasteiger partial charge in [0.05, 0.1) is 0 Å². The SMILES string of the molecule is BC(CC)CC(C(C)C)C(C)C. The lowest BCUT2D eigenvalue weighted by atomic mass is 9.72. The van der Waals surface area contributed by atoms with Crippen LogP contribution in [0.4, 0.5) is 0 Å². The first-order valence-corrected chi connectivity index (χ1v) is 5.49. The Morgan fingerprint density at radius 3 is 1.67 bits per heavy atom. The Morgan fingerprint density at radius 1 is 1.00 bits per heavy atom. The van der Waals surface area contributed by atoms with Crippen molar-refractivity contribution < 1.29 is 0 Å². The molecule has 0 aliphatic rings. The van der Waals surface area contributed by atoms with Crippen LogP contribution in [0.15, 0.2) is 0 Å². The average molecular weight is 168 g/mol. The van der Waals surface area contributed by atoms with E-state index in [1.807, 2.05) is 0 Å². The Kier molecular flexibility index (Phi) is 5.70. The van der Waals surface area contributed by atoms with Crippen molar-refractivity contribution in [1.29, 1.82) is 0 Å². The smallest absolute Gasteiger partial charge is 0.0697 e. The monoisotopic (exact) mass is 168 g/mol. The Labute approximate surface area is 79.5 Å². The molecule has 0 amide bonds. The minimum atomic E-state index is 0.846. The first-order chi connectivity index (χ1) is 5.49. The van der Waals surface area contributed by atoms with Gasteiger partial charge in [-0.1, -0.05) is 53.3 Å². The third-order valence-electron chi connectivity index (χ3n) is 3.08. The Morgan fingerprint density at radius 2 is 1.42 bits per heavy atom. The summed E-state index contributed by atoms with van der Waals surface area (Å²) in [6.45, 7) is 11.7. The molecule has 0 aromatic heterocycles. The second-order valence-electron chi connectivity index (χ2n) is 4.90. The quantitative estimate of drug-likeness (QED) is 0.553. The second kappa shape index (κ2) is 5.67. The molecule has 0 radical (unpaired) electrons. The third-order valence-corrected chi connectivity index (χ3v) is 3.08. The highest BCUT2D eigenvalue weighted by atomic mass is 14.2. The number of hydrogen-bond donors (Lipinski definition) is 0. The van der Waals surface area contributed by atoms with Crippen LogP contribution >= 0.6 is 0 Å². The summed E-state index contributed by atoms with van der Waals surface area (Å²) in [6.07, 6.45) is 2.74. The van der Waals surface area contributed by atoms with Crippen LogP contribution in [0, 0.1) is 17.8 Å². The minimum Gasteiger partial charge on any atom is -0.0697 e. The van der Waals surface area contributed by atoms with E-state index in [0.717, 1.165) is 23.6 Å². The van der Waals surface area contributed by atoms with Gasteiger partial charge < -0.3 is 0 Å². The molecule has 0 N–H and O–H groups in total. The second-order valence-corrected chi connectivity index (χ2v) is 4.90. The molecule has 0 fully saturated rings. The van der Waals surface area contributed by atoms with E-state index in [4.69, 9.17) is 0 Å². The van der Waals surface area contributed by atoms with Crippen molar-refractivity contribution in [2.24, 2.45) is 17.8 Å². The fraction of sp³-hybridized carbons (Fsp3) is 1.00. The van der Waals surface area contributed by atoms with Crippen molar-refractivity contribution in [1.82, 2.24) is 0 Å². The summed E-state index contributed by atoms with van der Waals surface area (Å²) in [4.78, 5) is 0. The van der Waals surface area contributed by atoms with Gasteiger partial charge in [-0.2, -0.15) is 0 Å². The number of hydrogen-bond acceptors (Lipinski definition) is 0. The average Bonchev–Trinajstić information content (AvgIpc) is 1.98. The standard InChI is InChI=1S/C11H25B/c1-6-10(12)7-11(8(2)3)9(4)5/h8-11H,6-7,12H2,1-5H3. The van der Waals surface area contributed by atoms with E-state index in [-0.39, 0.29) is 0 Å². The van der Waals surface area contributed by atoms with Crippen molar-refractivity contribution in [3.05, 3.63) is 0 Å². The molecule has 0 spiro atoms. The van der Waals surface area contributed by atoms with Gasteiger partial charge in [0.15, 0.2) is 0 Å². The van der Waals surface area contributed by atoms with Gasteiger partial charge in [0.25, 0.3) is 0 Å². The predicted molar refractivity (Wildman–Crippen MR) is 60.4 cm³/mol. The lowest BCUT2D eigenvalue weighted by Crippen LogP contribution is -2.17. The van der Waals surface area contributed by atoms with Gasteiger partial charge in [-0.25, -0.2) is 0 Å². The predicted octanol–water partition coefficient (Wildman–Crippen LogP) is 3.14. The van der Waals surface area contributed by atoms with E-state index < -0.39 is 0 Å². The van der Waals surface area contributed by atoms with Crippen molar-refractivity contribution >= 4 is 7.85 Å². The fourth-order valence-electron chi connectivity index (χ4n) is 1.95. The maximum Gasteiger partial charge on any atom is 0.105 e. The normalized spacial score (nSPS) is 14.7. The summed E-state index contributed by atoms with van der Waals surface area (Å²) in [7, 11) is 2.37. The molecular formula is C11H25B. The first-order valence-electron chi connectivity index (χ1n) is 5.49. The molecule has 1 heteroatoms. The Hall–Kier alpha value is 0.0649. The highest BCUT2D eigenvalue weighted by Gasteiger charge is 2.18. The van der Waals surface area contributed by atoms with Gasteiger partial charge in [0.2, 0.25) is 0 Å². The zero-order valence-corrected chi connectivity index (χ0v) is 9.72. The summed E-state index contributed by atoms with van der Waals surface area (Å²) in [6, 6.07) is 0. The zero-order valence-electron chi connectivity index (χ0n) is 9.72. The molecule has 0 saturated heterocycles. The molecule has 0 nitrogen and oxygen atoms in total. The molecule has 0 aromatic carbocycles. The fourth-order valence-corrected chi connectivity index (χ4v) is 1.95. The Balaban J connectivity index is 3.95. The van der Waals surface area contributed by atoms with E-state index in [1.54, 1.807) is 0 Å². The molecule has 0 aromatic rings. The molecule has 0 bridgehead atoms. The largest absolute Gasteiger partial charge is 0.105 e. The topological polar surface area (TPSA) is 0 Å².